The van der Waals surface area contributed by atoms with Gasteiger partial charge >= 0.3 is 0 Å². The van der Waals surface area contributed by atoms with Crippen molar-refractivity contribution in [2.75, 3.05) is 0 Å². The van der Waals surface area contributed by atoms with Gasteiger partial charge in [-0.05, 0) is 25.5 Å². The Labute approximate surface area is 93.5 Å². The highest BCUT2D eigenvalue weighted by atomic mass is 16.3. The van der Waals surface area contributed by atoms with Crippen molar-refractivity contribution >= 4 is 0 Å². The zero-order chi connectivity index (χ0) is 11.1. The number of rotatable bonds is 1. The van der Waals surface area contributed by atoms with Gasteiger partial charge in [0, 0.05) is 19.2 Å². The van der Waals surface area contributed by atoms with Gasteiger partial charge in [-0.2, -0.15) is 0 Å². The first kappa shape index (κ1) is 9.66. The lowest BCUT2D eigenvalue weighted by atomic mass is 10.1. The normalized spacial score (nSPS) is 19.8. The molecule has 0 amide bonds. The molecule has 16 heavy (non-hydrogen) atoms. The van der Waals surface area contributed by atoms with E-state index < -0.39 is 0 Å². The summed E-state index contributed by atoms with van der Waals surface area (Å²) in [6, 6.07) is 3.86. The van der Waals surface area contributed by atoms with Gasteiger partial charge in [-0.3, -0.25) is 0 Å². The lowest BCUT2D eigenvalue weighted by molar-refractivity contribution is 0.141. The molecule has 2 aromatic rings. The highest BCUT2D eigenvalue weighted by molar-refractivity contribution is 5.51. The highest BCUT2D eigenvalue weighted by Crippen LogP contribution is 2.24. The third-order valence-corrected chi connectivity index (χ3v) is 2.97. The molecule has 0 aliphatic carbocycles. The number of hydrogen-bond acceptors (Lipinski definition) is 3. The summed E-state index contributed by atoms with van der Waals surface area (Å²) in [6.45, 7) is 2.76. The van der Waals surface area contributed by atoms with Gasteiger partial charge < -0.3 is 14.1 Å². The number of imidazole rings is 1. The molecule has 0 saturated heterocycles. The molecule has 3 rings (SSSR count). The predicted molar refractivity (Wildman–Crippen MR) is 59.0 cm³/mol. The van der Waals surface area contributed by atoms with Crippen molar-refractivity contribution in [2.24, 2.45) is 0 Å². The van der Waals surface area contributed by atoms with E-state index in [-0.39, 0.29) is 6.10 Å². The monoisotopic (exact) mass is 218 g/mol. The van der Waals surface area contributed by atoms with Crippen LogP contribution in [-0.2, 0) is 13.0 Å². The first-order valence-electron chi connectivity index (χ1n) is 5.53. The number of aliphatic hydroxyl groups is 1. The fraction of sp³-hybridized carbons (Fsp3) is 0.417. The minimum absolute atomic E-state index is 0.249. The van der Waals surface area contributed by atoms with Gasteiger partial charge in [-0.15, -0.1) is 0 Å². The van der Waals surface area contributed by atoms with E-state index >= 15 is 0 Å². The van der Waals surface area contributed by atoms with Gasteiger partial charge in [-0.25, -0.2) is 4.98 Å². The predicted octanol–water partition coefficient (Wildman–Crippen LogP) is 1.76. The van der Waals surface area contributed by atoms with E-state index in [1.165, 1.54) is 0 Å². The van der Waals surface area contributed by atoms with Crippen LogP contribution in [0.3, 0.4) is 0 Å². The van der Waals surface area contributed by atoms with E-state index in [0.717, 1.165) is 36.0 Å². The maximum absolute atomic E-state index is 9.56. The van der Waals surface area contributed by atoms with Crippen LogP contribution in [-0.4, -0.2) is 20.8 Å². The Bertz CT molecular complexity index is 513. The van der Waals surface area contributed by atoms with E-state index in [4.69, 9.17) is 4.42 Å². The van der Waals surface area contributed by atoms with Gasteiger partial charge in [0.15, 0.2) is 5.76 Å². The van der Waals surface area contributed by atoms with Crippen molar-refractivity contribution in [3.05, 3.63) is 29.9 Å². The van der Waals surface area contributed by atoms with Crippen molar-refractivity contribution in [3.8, 4) is 11.5 Å². The van der Waals surface area contributed by atoms with Crippen LogP contribution in [0, 0.1) is 6.92 Å². The molecule has 4 nitrogen and oxygen atoms in total. The quantitative estimate of drug-likeness (QED) is 0.793. The van der Waals surface area contributed by atoms with Gasteiger partial charge in [0.1, 0.15) is 17.3 Å². The first-order chi connectivity index (χ1) is 7.72. The molecule has 4 heteroatoms. The van der Waals surface area contributed by atoms with Crippen LogP contribution in [0.5, 0.6) is 0 Å². The standard InChI is InChI=1S/C12H14N2O2/c1-8-2-3-11(16-8)10-7-14-5-4-9(15)6-12(14)13-10/h2-3,7,9,15H,4-6H2,1H3. The number of hydrogen-bond donors (Lipinski definition) is 1. The summed E-state index contributed by atoms with van der Waals surface area (Å²) >= 11 is 0. The molecule has 1 aliphatic rings. The van der Waals surface area contributed by atoms with Crippen LogP contribution in [0.15, 0.2) is 22.7 Å². The number of furan rings is 1. The third kappa shape index (κ3) is 1.55. The Morgan fingerprint density at radius 3 is 3.12 bits per heavy atom. The summed E-state index contributed by atoms with van der Waals surface area (Å²) < 4.78 is 7.63. The number of aryl methyl sites for hydroxylation is 2. The Morgan fingerprint density at radius 1 is 1.50 bits per heavy atom. The summed E-state index contributed by atoms with van der Waals surface area (Å²) in [5, 5.41) is 9.56. The summed E-state index contributed by atoms with van der Waals surface area (Å²) in [5.41, 5.74) is 0.859. The number of fused-ring (bicyclic) bond motifs is 1. The highest BCUT2D eigenvalue weighted by Gasteiger charge is 2.19. The molecule has 2 aromatic heterocycles. The molecular weight excluding hydrogens is 204 g/mol. The summed E-state index contributed by atoms with van der Waals surface area (Å²) in [7, 11) is 0. The fourth-order valence-corrected chi connectivity index (χ4v) is 2.10. The second-order valence-electron chi connectivity index (χ2n) is 4.29. The molecule has 84 valence electrons. The van der Waals surface area contributed by atoms with Gasteiger partial charge in [0.25, 0.3) is 0 Å². The van der Waals surface area contributed by atoms with Crippen LogP contribution in [0.25, 0.3) is 11.5 Å². The second kappa shape index (κ2) is 3.49. The zero-order valence-corrected chi connectivity index (χ0v) is 9.18. The molecule has 1 N–H and O–H groups in total. The summed E-state index contributed by atoms with van der Waals surface area (Å²) in [4.78, 5) is 4.49. The molecule has 0 aromatic carbocycles. The first-order valence-corrected chi connectivity index (χ1v) is 5.53. The van der Waals surface area contributed by atoms with Crippen molar-refractivity contribution < 1.29 is 9.52 Å². The van der Waals surface area contributed by atoms with Crippen molar-refractivity contribution in [2.45, 2.75) is 32.4 Å². The van der Waals surface area contributed by atoms with E-state index in [9.17, 15) is 5.11 Å². The Hall–Kier alpha value is -1.55. The molecule has 0 spiro atoms. The minimum atomic E-state index is -0.249. The van der Waals surface area contributed by atoms with Crippen molar-refractivity contribution in [3.63, 3.8) is 0 Å². The van der Waals surface area contributed by atoms with Crippen molar-refractivity contribution in [1.29, 1.82) is 0 Å². The maximum atomic E-state index is 9.56. The molecule has 0 fully saturated rings. The van der Waals surface area contributed by atoms with Gasteiger partial charge in [-0.1, -0.05) is 0 Å². The molecule has 1 aliphatic heterocycles. The number of nitrogens with zero attached hydrogens (tertiary/aromatic N) is 2. The second-order valence-corrected chi connectivity index (χ2v) is 4.29. The molecule has 1 unspecified atom stereocenters. The third-order valence-electron chi connectivity index (χ3n) is 2.97. The lowest BCUT2D eigenvalue weighted by Crippen LogP contribution is -2.22. The minimum Gasteiger partial charge on any atom is -0.460 e. The topological polar surface area (TPSA) is 51.2 Å². The number of aliphatic hydroxyl groups excluding tert-OH is 1. The van der Waals surface area contributed by atoms with Crippen LogP contribution in [0.4, 0.5) is 0 Å². The fourth-order valence-electron chi connectivity index (χ4n) is 2.10. The van der Waals surface area contributed by atoms with Crippen LogP contribution in [0.1, 0.15) is 18.0 Å². The van der Waals surface area contributed by atoms with Crippen LogP contribution >= 0.6 is 0 Å². The molecule has 0 radical (unpaired) electrons. The van der Waals surface area contributed by atoms with Gasteiger partial charge in [0.05, 0.1) is 6.10 Å². The Kier molecular flexibility index (Phi) is 2.11. The number of aromatic nitrogens is 2. The van der Waals surface area contributed by atoms with Crippen LogP contribution in [0.2, 0.25) is 0 Å². The average molecular weight is 218 g/mol. The van der Waals surface area contributed by atoms with E-state index in [1.807, 2.05) is 25.3 Å². The molecule has 3 heterocycles. The summed E-state index contributed by atoms with van der Waals surface area (Å²) in [6.07, 6.45) is 3.19. The maximum Gasteiger partial charge on any atom is 0.154 e. The Morgan fingerprint density at radius 2 is 2.38 bits per heavy atom. The SMILES string of the molecule is Cc1ccc(-c2cn3c(n2)CC(O)CC3)o1. The van der Waals surface area contributed by atoms with E-state index in [0.29, 0.717) is 6.42 Å². The van der Waals surface area contributed by atoms with Crippen LogP contribution < -0.4 is 0 Å². The molecule has 1 atom stereocenters. The van der Waals surface area contributed by atoms with Gasteiger partial charge in [0.2, 0.25) is 0 Å². The smallest absolute Gasteiger partial charge is 0.154 e. The molecule has 0 bridgehead atoms. The molecular formula is C12H14N2O2. The van der Waals surface area contributed by atoms with E-state index in [1.54, 1.807) is 0 Å². The molecule has 0 saturated carbocycles. The largest absolute Gasteiger partial charge is 0.460 e. The summed E-state index contributed by atoms with van der Waals surface area (Å²) in [5.74, 6) is 2.64. The Balaban J connectivity index is 1.98. The lowest BCUT2D eigenvalue weighted by Gasteiger charge is -2.18. The average Bonchev–Trinajstić information content (AvgIpc) is 2.83. The van der Waals surface area contributed by atoms with Crippen molar-refractivity contribution in [1.82, 2.24) is 9.55 Å². The van der Waals surface area contributed by atoms with E-state index in [2.05, 4.69) is 9.55 Å². The zero-order valence-electron chi connectivity index (χ0n) is 9.18.